The van der Waals surface area contributed by atoms with Crippen molar-refractivity contribution in [3.8, 4) is 17.2 Å². The van der Waals surface area contributed by atoms with Gasteiger partial charge >= 0.3 is 0 Å². The zero-order valence-electron chi connectivity index (χ0n) is 11.9. The summed E-state index contributed by atoms with van der Waals surface area (Å²) in [7, 11) is 0. The van der Waals surface area contributed by atoms with Crippen LogP contribution in [0.1, 0.15) is 17.2 Å². The van der Waals surface area contributed by atoms with E-state index in [2.05, 4.69) is 24.4 Å². The van der Waals surface area contributed by atoms with Crippen LogP contribution in [0.15, 0.2) is 36.4 Å². The third-order valence-corrected chi connectivity index (χ3v) is 3.82. The summed E-state index contributed by atoms with van der Waals surface area (Å²) in [5.41, 5.74) is 3.38. The van der Waals surface area contributed by atoms with Crippen molar-refractivity contribution in [2.45, 2.75) is 13.0 Å². The number of fused-ring (bicyclic) bond motifs is 2. The first-order chi connectivity index (χ1) is 10.3. The van der Waals surface area contributed by atoms with E-state index in [1.165, 1.54) is 5.56 Å². The van der Waals surface area contributed by atoms with Crippen LogP contribution < -0.4 is 19.5 Å². The van der Waals surface area contributed by atoms with Crippen molar-refractivity contribution in [1.82, 2.24) is 0 Å². The Labute approximate surface area is 123 Å². The van der Waals surface area contributed by atoms with E-state index in [0.717, 1.165) is 35.0 Å². The topological polar surface area (TPSA) is 39.7 Å². The summed E-state index contributed by atoms with van der Waals surface area (Å²) < 4.78 is 17.3. The van der Waals surface area contributed by atoms with E-state index in [0.29, 0.717) is 13.2 Å². The average molecular weight is 283 g/mol. The fourth-order valence-corrected chi connectivity index (χ4v) is 2.73. The molecule has 0 aliphatic carbocycles. The summed E-state index contributed by atoms with van der Waals surface area (Å²) in [6.07, 6.45) is -0.0176. The molecule has 0 saturated carbocycles. The lowest BCUT2D eigenvalue weighted by Crippen LogP contribution is -2.24. The predicted molar refractivity (Wildman–Crippen MR) is 80.5 cm³/mol. The Morgan fingerprint density at radius 1 is 0.952 bits per heavy atom. The maximum absolute atomic E-state index is 6.11. The van der Waals surface area contributed by atoms with E-state index >= 15 is 0 Å². The van der Waals surface area contributed by atoms with Gasteiger partial charge in [-0.2, -0.15) is 0 Å². The summed E-state index contributed by atoms with van der Waals surface area (Å²) in [5.74, 6) is 2.51. The molecular formula is C17H17NO3. The molecule has 2 aromatic rings. The maximum atomic E-state index is 6.11. The number of hydrogen-bond acceptors (Lipinski definition) is 4. The normalized spacial score (nSPS) is 19.2. The Balaban J connectivity index is 1.62. The van der Waals surface area contributed by atoms with Crippen LogP contribution in [-0.4, -0.2) is 19.8 Å². The number of anilines is 1. The molecule has 0 radical (unpaired) electrons. The predicted octanol–water partition coefficient (Wildman–Crippen LogP) is 3.31. The second-order valence-corrected chi connectivity index (χ2v) is 5.39. The molecule has 4 nitrogen and oxygen atoms in total. The summed E-state index contributed by atoms with van der Waals surface area (Å²) in [5, 5.41) is 3.44. The molecule has 4 heteroatoms. The van der Waals surface area contributed by atoms with Crippen LogP contribution in [0.4, 0.5) is 5.69 Å². The number of aryl methyl sites for hydroxylation is 1. The highest BCUT2D eigenvalue weighted by atomic mass is 16.6. The molecule has 0 spiro atoms. The summed E-state index contributed by atoms with van der Waals surface area (Å²) in [6.45, 7) is 4.04. The molecule has 1 N–H and O–H groups in total. The van der Waals surface area contributed by atoms with Crippen molar-refractivity contribution < 1.29 is 14.2 Å². The molecule has 2 aliphatic rings. The Hall–Kier alpha value is -2.36. The minimum Gasteiger partial charge on any atom is -0.486 e. The Morgan fingerprint density at radius 2 is 1.76 bits per heavy atom. The smallest absolute Gasteiger partial charge is 0.161 e. The van der Waals surface area contributed by atoms with Crippen molar-refractivity contribution in [1.29, 1.82) is 0 Å². The highest BCUT2D eigenvalue weighted by Gasteiger charge is 2.23. The van der Waals surface area contributed by atoms with Gasteiger partial charge in [0.15, 0.2) is 11.5 Å². The van der Waals surface area contributed by atoms with E-state index in [9.17, 15) is 0 Å². The molecule has 2 heterocycles. The Bertz CT molecular complexity index is 684. The van der Waals surface area contributed by atoms with Gasteiger partial charge in [0.25, 0.3) is 0 Å². The van der Waals surface area contributed by atoms with Gasteiger partial charge in [-0.1, -0.05) is 12.1 Å². The van der Waals surface area contributed by atoms with Gasteiger partial charge < -0.3 is 19.5 Å². The quantitative estimate of drug-likeness (QED) is 0.871. The van der Waals surface area contributed by atoms with Crippen LogP contribution in [-0.2, 0) is 0 Å². The lowest BCUT2D eigenvalue weighted by atomic mass is 10.1. The molecule has 0 saturated heterocycles. The lowest BCUT2D eigenvalue weighted by Gasteiger charge is -2.29. The molecule has 0 bridgehead atoms. The van der Waals surface area contributed by atoms with Crippen molar-refractivity contribution in [3.05, 3.63) is 47.5 Å². The van der Waals surface area contributed by atoms with Gasteiger partial charge in [-0.05, 0) is 42.3 Å². The van der Waals surface area contributed by atoms with Crippen molar-refractivity contribution in [3.63, 3.8) is 0 Å². The summed E-state index contributed by atoms with van der Waals surface area (Å²) in [4.78, 5) is 0. The molecule has 4 rings (SSSR count). The SMILES string of the molecule is Cc1ccc2c(c1)NCC(c1ccc3c(c1)OCCO3)O2. The standard InChI is InChI=1S/C17H17NO3/c1-11-2-4-14-13(8-11)18-10-17(21-14)12-3-5-15-16(9-12)20-7-6-19-15/h2-5,8-9,17-18H,6-7,10H2,1H3. The average Bonchev–Trinajstić information content (AvgIpc) is 2.54. The first-order valence-electron chi connectivity index (χ1n) is 7.20. The van der Waals surface area contributed by atoms with Gasteiger partial charge in [0, 0.05) is 0 Å². The molecule has 0 amide bonds. The molecule has 0 aromatic heterocycles. The monoisotopic (exact) mass is 283 g/mol. The van der Waals surface area contributed by atoms with Gasteiger partial charge in [-0.25, -0.2) is 0 Å². The maximum Gasteiger partial charge on any atom is 0.161 e. The van der Waals surface area contributed by atoms with Crippen molar-refractivity contribution >= 4 is 5.69 Å². The molecule has 21 heavy (non-hydrogen) atoms. The molecule has 2 aromatic carbocycles. The number of rotatable bonds is 1. The van der Waals surface area contributed by atoms with Crippen molar-refractivity contribution in [2.75, 3.05) is 25.1 Å². The highest BCUT2D eigenvalue weighted by Crippen LogP contribution is 2.38. The number of nitrogens with one attached hydrogen (secondary N) is 1. The van der Waals surface area contributed by atoms with Gasteiger partial charge in [0.1, 0.15) is 25.1 Å². The molecular weight excluding hydrogens is 266 g/mol. The first-order valence-corrected chi connectivity index (χ1v) is 7.20. The van der Waals surface area contributed by atoms with Gasteiger partial charge in [0.2, 0.25) is 0 Å². The number of hydrogen-bond donors (Lipinski definition) is 1. The van der Waals surface area contributed by atoms with Crippen LogP contribution in [0.2, 0.25) is 0 Å². The van der Waals surface area contributed by atoms with Gasteiger partial charge in [0.05, 0.1) is 12.2 Å². The molecule has 2 aliphatic heterocycles. The van der Waals surface area contributed by atoms with Crippen LogP contribution in [0.3, 0.4) is 0 Å². The third kappa shape index (κ3) is 2.27. The zero-order chi connectivity index (χ0) is 14.2. The van der Waals surface area contributed by atoms with E-state index in [-0.39, 0.29) is 6.10 Å². The lowest BCUT2D eigenvalue weighted by molar-refractivity contribution is 0.169. The summed E-state index contributed by atoms with van der Waals surface area (Å²) >= 11 is 0. The van der Waals surface area contributed by atoms with E-state index in [4.69, 9.17) is 14.2 Å². The minimum absolute atomic E-state index is 0.0176. The minimum atomic E-state index is -0.0176. The summed E-state index contributed by atoms with van der Waals surface area (Å²) in [6, 6.07) is 12.2. The second kappa shape index (κ2) is 4.88. The number of benzene rings is 2. The van der Waals surface area contributed by atoms with E-state index in [1.54, 1.807) is 0 Å². The number of ether oxygens (including phenoxy) is 3. The second-order valence-electron chi connectivity index (χ2n) is 5.39. The van der Waals surface area contributed by atoms with Crippen LogP contribution >= 0.6 is 0 Å². The van der Waals surface area contributed by atoms with Crippen LogP contribution in [0, 0.1) is 6.92 Å². The molecule has 0 fully saturated rings. The van der Waals surface area contributed by atoms with Gasteiger partial charge in [-0.15, -0.1) is 0 Å². The van der Waals surface area contributed by atoms with Gasteiger partial charge in [-0.3, -0.25) is 0 Å². The van der Waals surface area contributed by atoms with Crippen LogP contribution in [0.25, 0.3) is 0 Å². The van der Waals surface area contributed by atoms with E-state index in [1.807, 2.05) is 24.3 Å². The Kier molecular flexibility index (Phi) is 2.88. The highest BCUT2D eigenvalue weighted by molar-refractivity contribution is 5.60. The first kappa shape index (κ1) is 12.4. The van der Waals surface area contributed by atoms with Crippen LogP contribution in [0.5, 0.6) is 17.2 Å². The third-order valence-electron chi connectivity index (χ3n) is 3.82. The fourth-order valence-electron chi connectivity index (χ4n) is 2.73. The zero-order valence-corrected chi connectivity index (χ0v) is 11.9. The largest absolute Gasteiger partial charge is 0.486 e. The fraction of sp³-hybridized carbons (Fsp3) is 0.294. The Morgan fingerprint density at radius 3 is 2.67 bits per heavy atom. The molecule has 1 unspecified atom stereocenters. The molecule has 1 atom stereocenters. The van der Waals surface area contributed by atoms with E-state index < -0.39 is 0 Å². The van der Waals surface area contributed by atoms with Crippen molar-refractivity contribution in [2.24, 2.45) is 0 Å². The molecule has 108 valence electrons.